The fourth-order valence-corrected chi connectivity index (χ4v) is 2.90. The molecule has 0 saturated carbocycles. The quantitative estimate of drug-likeness (QED) is 0.765. The van der Waals surface area contributed by atoms with Crippen molar-refractivity contribution < 1.29 is 0 Å². The van der Waals surface area contributed by atoms with Crippen molar-refractivity contribution >= 4 is 22.4 Å². The second-order valence-electron chi connectivity index (χ2n) is 4.23. The lowest BCUT2D eigenvalue weighted by molar-refractivity contribution is 0.839. The normalized spacial score (nSPS) is 12.8. The van der Waals surface area contributed by atoms with Gasteiger partial charge in [0.2, 0.25) is 0 Å². The summed E-state index contributed by atoms with van der Waals surface area (Å²) >= 11 is 1.67. The molecule has 1 unspecified atom stereocenters. The number of nitrogens with two attached hydrogens (primary N) is 1. The van der Waals surface area contributed by atoms with Crippen LogP contribution in [0.1, 0.15) is 22.2 Å². The van der Waals surface area contributed by atoms with Crippen LogP contribution in [-0.4, -0.2) is 9.97 Å². The fourth-order valence-electron chi connectivity index (χ4n) is 1.96. The third-order valence-electron chi connectivity index (χ3n) is 2.97. The van der Waals surface area contributed by atoms with E-state index in [2.05, 4.69) is 28.3 Å². The summed E-state index contributed by atoms with van der Waals surface area (Å²) in [5.74, 6) is 0. The molecule has 0 saturated heterocycles. The van der Waals surface area contributed by atoms with Crippen molar-refractivity contribution in [3.8, 4) is 0 Å². The third-order valence-corrected chi connectivity index (χ3v) is 4.07. The molecule has 18 heavy (non-hydrogen) atoms. The molecule has 4 heteroatoms. The Balaban J connectivity index is 2.07. The van der Waals surface area contributed by atoms with E-state index in [4.69, 9.17) is 5.73 Å². The first-order chi connectivity index (χ1) is 8.75. The van der Waals surface area contributed by atoms with Crippen molar-refractivity contribution in [3.63, 3.8) is 0 Å². The van der Waals surface area contributed by atoms with Gasteiger partial charge in [-0.15, -0.1) is 11.3 Å². The SMILES string of the molecule is Cc1ccsc1C(N)c1cnc2ccccc2n1. The molecule has 0 bridgehead atoms. The molecule has 0 aliphatic rings. The van der Waals surface area contributed by atoms with Crippen molar-refractivity contribution in [1.82, 2.24) is 9.97 Å². The lowest BCUT2D eigenvalue weighted by atomic mass is 10.1. The van der Waals surface area contributed by atoms with E-state index in [1.54, 1.807) is 17.5 Å². The van der Waals surface area contributed by atoms with Crippen LogP contribution in [-0.2, 0) is 0 Å². The van der Waals surface area contributed by atoms with Crippen LogP contribution in [0.25, 0.3) is 11.0 Å². The van der Waals surface area contributed by atoms with Gasteiger partial charge in [0.25, 0.3) is 0 Å². The monoisotopic (exact) mass is 255 g/mol. The standard InChI is InChI=1S/C14H13N3S/c1-9-6-7-18-14(9)13(15)12-8-16-10-4-2-3-5-11(10)17-12/h2-8,13H,15H2,1H3. The molecule has 1 atom stereocenters. The lowest BCUT2D eigenvalue weighted by Crippen LogP contribution is -2.13. The van der Waals surface area contributed by atoms with Crippen LogP contribution in [0.4, 0.5) is 0 Å². The van der Waals surface area contributed by atoms with Crippen molar-refractivity contribution in [2.45, 2.75) is 13.0 Å². The van der Waals surface area contributed by atoms with Crippen LogP contribution < -0.4 is 5.73 Å². The second-order valence-corrected chi connectivity index (χ2v) is 5.18. The smallest absolute Gasteiger partial charge is 0.0891 e. The van der Waals surface area contributed by atoms with Crippen molar-refractivity contribution in [1.29, 1.82) is 0 Å². The number of benzene rings is 1. The van der Waals surface area contributed by atoms with Gasteiger partial charge in [-0.05, 0) is 36.1 Å². The summed E-state index contributed by atoms with van der Waals surface area (Å²) in [4.78, 5) is 10.1. The van der Waals surface area contributed by atoms with Gasteiger partial charge in [0.05, 0.1) is 29.0 Å². The van der Waals surface area contributed by atoms with E-state index in [1.807, 2.05) is 24.3 Å². The van der Waals surface area contributed by atoms with Crippen molar-refractivity contribution in [3.05, 3.63) is 58.0 Å². The van der Waals surface area contributed by atoms with E-state index in [0.29, 0.717) is 0 Å². The number of aromatic nitrogens is 2. The highest BCUT2D eigenvalue weighted by Gasteiger charge is 2.14. The first-order valence-corrected chi connectivity index (χ1v) is 6.65. The number of para-hydroxylation sites is 2. The molecule has 3 nitrogen and oxygen atoms in total. The minimum atomic E-state index is -0.192. The van der Waals surface area contributed by atoms with Crippen molar-refractivity contribution in [2.75, 3.05) is 0 Å². The third kappa shape index (κ3) is 1.89. The van der Waals surface area contributed by atoms with Gasteiger partial charge in [-0.2, -0.15) is 0 Å². The Morgan fingerprint density at radius 3 is 2.67 bits per heavy atom. The predicted octanol–water partition coefficient (Wildman–Crippen LogP) is 3.05. The van der Waals surface area contributed by atoms with Gasteiger partial charge in [-0.25, -0.2) is 4.98 Å². The largest absolute Gasteiger partial charge is 0.318 e. The van der Waals surface area contributed by atoms with E-state index >= 15 is 0 Å². The number of rotatable bonds is 2. The maximum Gasteiger partial charge on any atom is 0.0891 e. The molecule has 0 spiro atoms. The van der Waals surface area contributed by atoms with Gasteiger partial charge < -0.3 is 5.73 Å². The van der Waals surface area contributed by atoms with E-state index in [0.717, 1.165) is 21.6 Å². The van der Waals surface area contributed by atoms with Crippen LogP contribution in [0, 0.1) is 6.92 Å². The molecule has 0 aliphatic heterocycles. The van der Waals surface area contributed by atoms with E-state index in [9.17, 15) is 0 Å². The van der Waals surface area contributed by atoms with Gasteiger partial charge in [0, 0.05) is 4.88 Å². The highest BCUT2D eigenvalue weighted by Crippen LogP contribution is 2.26. The molecule has 2 aromatic heterocycles. The van der Waals surface area contributed by atoms with Crippen LogP contribution in [0.3, 0.4) is 0 Å². The highest BCUT2D eigenvalue weighted by molar-refractivity contribution is 7.10. The zero-order valence-corrected chi connectivity index (χ0v) is 10.8. The Labute approximate surface area is 109 Å². The minimum Gasteiger partial charge on any atom is -0.318 e. The Kier molecular flexibility index (Phi) is 2.81. The Morgan fingerprint density at radius 1 is 1.17 bits per heavy atom. The highest BCUT2D eigenvalue weighted by atomic mass is 32.1. The van der Waals surface area contributed by atoms with E-state index in [1.165, 1.54) is 5.56 Å². The first-order valence-electron chi connectivity index (χ1n) is 5.77. The van der Waals surface area contributed by atoms with Gasteiger partial charge in [0.15, 0.2) is 0 Å². The molecule has 0 fully saturated rings. The predicted molar refractivity (Wildman–Crippen MR) is 74.6 cm³/mol. The second kappa shape index (κ2) is 4.48. The first kappa shape index (κ1) is 11.3. The Hall–Kier alpha value is -1.78. The van der Waals surface area contributed by atoms with Gasteiger partial charge in [-0.3, -0.25) is 4.98 Å². The summed E-state index contributed by atoms with van der Waals surface area (Å²) in [6.07, 6.45) is 1.77. The summed E-state index contributed by atoms with van der Waals surface area (Å²) in [6, 6.07) is 9.72. The van der Waals surface area contributed by atoms with Crippen LogP contribution >= 0.6 is 11.3 Å². The number of aryl methyl sites for hydroxylation is 1. The molecule has 2 heterocycles. The molecule has 0 aliphatic carbocycles. The van der Waals surface area contributed by atoms with E-state index < -0.39 is 0 Å². The molecule has 3 aromatic rings. The summed E-state index contributed by atoms with van der Waals surface area (Å²) in [7, 11) is 0. The topological polar surface area (TPSA) is 51.8 Å². The molecule has 3 rings (SSSR count). The average molecular weight is 255 g/mol. The molecule has 0 radical (unpaired) electrons. The van der Waals surface area contributed by atoms with Gasteiger partial charge >= 0.3 is 0 Å². The number of thiophene rings is 1. The molecular weight excluding hydrogens is 242 g/mol. The molecule has 1 aromatic carbocycles. The number of hydrogen-bond acceptors (Lipinski definition) is 4. The minimum absolute atomic E-state index is 0.192. The number of hydrogen-bond donors (Lipinski definition) is 1. The number of fused-ring (bicyclic) bond motifs is 1. The number of nitrogens with zero attached hydrogens (tertiary/aromatic N) is 2. The van der Waals surface area contributed by atoms with Crippen LogP contribution in [0.15, 0.2) is 41.9 Å². The Morgan fingerprint density at radius 2 is 1.94 bits per heavy atom. The summed E-state index contributed by atoms with van der Waals surface area (Å²) in [5.41, 5.74) is 10.1. The summed E-state index contributed by atoms with van der Waals surface area (Å²) in [6.45, 7) is 2.07. The molecule has 0 amide bonds. The fraction of sp³-hybridized carbons (Fsp3) is 0.143. The van der Waals surface area contributed by atoms with Crippen LogP contribution in [0.2, 0.25) is 0 Å². The van der Waals surface area contributed by atoms with Gasteiger partial charge in [-0.1, -0.05) is 12.1 Å². The molecular formula is C14H13N3S. The Bertz CT molecular complexity index is 690. The van der Waals surface area contributed by atoms with E-state index in [-0.39, 0.29) is 6.04 Å². The zero-order chi connectivity index (χ0) is 12.5. The average Bonchev–Trinajstić information content (AvgIpc) is 2.83. The lowest BCUT2D eigenvalue weighted by Gasteiger charge is -2.10. The summed E-state index contributed by atoms with van der Waals surface area (Å²) in [5, 5.41) is 2.05. The summed E-state index contributed by atoms with van der Waals surface area (Å²) < 4.78 is 0. The zero-order valence-electron chi connectivity index (χ0n) is 10.00. The van der Waals surface area contributed by atoms with Crippen LogP contribution in [0.5, 0.6) is 0 Å². The maximum absolute atomic E-state index is 6.26. The van der Waals surface area contributed by atoms with Gasteiger partial charge in [0.1, 0.15) is 0 Å². The molecule has 90 valence electrons. The maximum atomic E-state index is 6.26. The van der Waals surface area contributed by atoms with Crippen molar-refractivity contribution in [2.24, 2.45) is 5.73 Å². The molecule has 2 N–H and O–H groups in total.